The van der Waals surface area contributed by atoms with E-state index in [0.717, 1.165) is 25.8 Å². The summed E-state index contributed by atoms with van der Waals surface area (Å²) in [5.74, 6) is 0.615. The molecule has 0 spiro atoms. The SMILES string of the molecule is OC1CCCCC1C(CNC1CCCCC1)c1ccc(Cl)c(Cl)c1. The first-order chi connectivity index (χ1) is 11.6. The molecule has 2 nitrogen and oxygen atoms in total. The fourth-order valence-corrected chi connectivity index (χ4v) is 4.78. The molecule has 2 N–H and O–H groups in total. The zero-order valence-electron chi connectivity index (χ0n) is 14.3. The zero-order chi connectivity index (χ0) is 16.9. The van der Waals surface area contributed by atoms with Crippen molar-refractivity contribution in [3.8, 4) is 0 Å². The van der Waals surface area contributed by atoms with Crippen LogP contribution in [0.4, 0.5) is 0 Å². The van der Waals surface area contributed by atoms with Gasteiger partial charge in [0.25, 0.3) is 0 Å². The molecule has 2 aliphatic carbocycles. The summed E-state index contributed by atoms with van der Waals surface area (Å²) in [5, 5.41) is 15.6. The lowest BCUT2D eigenvalue weighted by Gasteiger charge is -2.36. The Morgan fingerprint density at radius 2 is 1.67 bits per heavy atom. The molecule has 0 aliphatic heterocycles. The van der Waals surface area contributed by atoms with Gasteiger partial charge in [0.05, 0.1) is 16.1 Å². The summed E-state index contributed by atoms with van der Waals surface area (Å²) in [4.78, 5) is 0. The molecule has 0 radical (unpaired) electrons. The second-order valence-electron chi connectivity index (χ2n) is 7.54. The van der Waals surface area contributed by atoms with Crippen molar-refractivity contribution in [3.63, 3.8) is 0 Å². The van der Waals surface area contributed by atoms with Gasteiger partial charge in [0.15, 0.2) is 0 Å². The van der Waals surface area contributed by atoms with E-state index in [1.165, 1.54) is 44.1 Å². The number of rotatable bonds is 5. The van der Waals surface area contributed by atoms with Crippen molar-refractivity contribution in [2.45, 2.75) is 75.9 Å². The van der Waals surface area contributed by atoms with Gasteiger partial charge >= 0.3 is 0 Å². The van der Waals surface area contributed by atoms with Crippen molar-refractivity contribution in [1.82, 2.24) is 5.32 Å². The summed E-state index contributed by atoms with van der Waals surface area (Å²) in [6, 6.07) is 6.60. The number of benzene rings is 1. The smallest absolute Gasteiger partial charge is 0.0595 e. The van der Waals surface area contributed by atoms with E-state index < -0.39 is 0 Å². The van der Waals surface area contributed by atoms with Gasteiger partial charge in [-0.3, -0.25) is 0 Å². The molecule has 4 heteroatoms. The zero-order valence-corrected chi connectivity index (χ0v) is 15.8. The third-order valence-electron chi connectivity index (χ3n) is 5.90. The topological polar surface area (TPSA) is 32.3 Å². The summed E-state index contributed by atoms with van der Waals surface area (Å²) >= 11 is 12.4. The maximum Gasteiger partial charge on any atom is 0.0595 e. The largest absolute Gasteiger partial charge is 0.393 e. The highest BCUT2D eigenvalue weighted by molar-refractivity contribution is 6.42. The van der Waals surface area contributed by atoms with E-state index in [-0.39, 0.29) is 6.10 Å². The first-order valence-corrected chi connectivity index (χ1v) is 10.3. The van der Waals surface area contributed by atoms with Crippen LogP contribution in [0.3, 0.4) is 0 Å². The van der Waals surface area contributed by atoms with Crippen molar-refractivity contribution >= 4 is 23.2 Å². The van der Waals surface area contributed by atoms with Crippen LogP contribution >= 0.6 is 23.2 Å². The Balaban J connectivity index is 1.75. The molecular weight excluding hydrogens is 341 g/mol. The predicted octanol–water partition coefficient (Wildman–Crippen LogP) is 5.55. The lowest BCUT2D eigenvalue weighted by molar-refractivity contribution is 0.0537. The van der Waals surface area contributed by atoms with Crippen LogP contribution in [0, 0.1) is 5.92 Å². The minimum Gasteiger partial charge on any atom is -0.393 e. The number of aliphatic hydroxyl groups is 1. The highest BCUT2D eigenvalue weighted by Crippen LogP contribution is 2.38. The molecule has 0 amide bonds. The molecule has 0 heterocycles. The van der Waals surface area contributed by atoms with Crippen LogP contribution in [0.25, 0.3) is 0 Å². The Labute approximate surface area is 155 Å². The molecule has 1 aromatic carbocycles. The molecule has 134 valence electrons. The third kappa shape index (κ3) is 4.66. The van der Waals surface area contributed by atoms with Gasteiger partial charge in [-0.1, -0.05) is 61.4 Å². The number of hydrogen-bond acceptors (Lipinski definition) is 2. The Bertz CT molecular complexity index is 530. The van der Waals surface area contributed by atoms with Crippen LogP contribution < -0.4 is 5.32 Å². The average molecular weight is 370 g/mol. The van der Waals surface area contributed by atoms with Crippen molar-refractivity contribution in [2.75, 3.05) is 6.54 Å². The van der Waals surface area contributed by atoms with E-state index in [9.17, 15) is 5.11 Å². The highest BCUT2D eigenvalue weighted by Gasteiger charge is 2.32. The van der Waals surface area contributed by atoms with Gasteiger partial charge in [-0.25, -0.2) is 0 Å². The molecule has 2 saturated carbocycles. The molecule has 3 rings (SSSR count). The molecule has 0 bridgehead atoms. The third-order valence-corrected chi connectivity index (χ3v) is 6.64. The monoisotopic (exact) mass is 369 g/mol. The molecule has 2 aliphatic rings. The molecular formula is C20H29Cl2NO. The predicted molar refractivity (Wildman–Crippen MR) is 102 cm³/mol. The number of hydrogen-bond donors (Lipinski definition) is 2. The van der Waals surface area contributed by atoms with Crippen LogP contribution in [0.1, 0.15) is 69.3 Å². The van der Waals surface area contributed by atoms with Crippen molar-refractivity contribution in [2.24, 2.45) is 5.92 Å². The second-order valence-corrected chi connectivity index (χ2v) is 8.35. The number of aliphatic hydroxyl groups excluding tert-OH is 1. The van der Waals surface area contributed by atoms with E-state index in [1.54, 1.807) is 0 Å². The van der Waals surface area contributed by atoms with Gasteiger partial charge < -0.3 is 10.4 Å². The summed E-state index contributed by atoms with van der Waals surface area (Å²) in [5.41, 5.74) is 1.21. The van der Waals surface area contributed by atoms with Gasteiger partial charge in [-0.15, -0.1) is 0 Å². The molecule has 0 saturated heterocycles. The van der Waals surface area contributed by atoms with Crippen molar-refractivity contribution in [3.05, 3.63) is 33.8 Å². The van der Waals surface area contributed by atoms with Crippen LogP contribution in [-0.4, -0.2) is 23.8 Å². The van der Waals surface area contributed by atoms with Gasteiger partial charge in [0.2, 0.25) is 0 Å². The molecule has 2 fully saturated rings. The van der Waals surface area contributed by atoms with Crippen LogP contribution in [-0.2, 0) is 0 Å². The van der Waals surface area contributed by atoms with Crippen molar-refractivity contribution < 1.29 is 5.11 Å². The van der Waals surface area contributed by atoms with E-state index >= 15 is 0 Å². The standard InChI is InChI=1S/C20H29Cl2NO/c21-18-11-10-14(12-19(18)22)17(16-8-4-5-9-20(16)24)13-23-15-6-2-1-3-7-15/h10-12,15-17,20,23-24H,1-9,13H2. The van der Waals surface area contributed by atoms with E-state index in [1.807, 2.05) is 12.1 Å². The second kappa shape index (κ2) is 8.89. The summed E-state index contributed by atoms with van der Waals surface area (Å²) in [6.45, 7) is 0.921. The molecule has 3 atom stereocenters. The van der Waals surface area contributed by atoms with Crippen molar-refractivity contribution in [1.29, 1.82) is 0 Å². The molecule has 1 aromatic rings. The van der Waals surface area contributed by atoms with E-state index in [4.69, 9.17) is 23.2 Å². The first-order valence-electron chi connectivity index (χ1n) is 9.51. The van der Waals surface area contributed by atoms with Crippen LogP contribution in [0.15, 0.2) is 18.2 Å². The summed E-state index contributed by atoms with van der Waals surface area (Å²) < 4.78 is 0. The Morgan fingerprint density at radius 3 is 2.38 bits per heavy atom. The van der Waals surface area contributed by atoms with Crippen LogP contribution in [0.2, 0.25) is 10.0 Å². The minimum absolute atomic E-state index is 0.202. The fourth-order valence-electron chi connectivity index (χ4n) is 4.47. The molecule has 24 heavy (non-hydrogen) atoms. The maximum atomic E-state index is 10.6. The van der Waals surface area contributed by atoms with Gasteiger partial charge in [0, 0.05) is 18.5 Å². The molecule has 0 aromatic heterocycles. The Hall–Kier alpha value is -0.280. The van der Waals surface area contributed by atoms with E-state index in [0.29, 0.717) is 27.9 Å². The Morgan fingerprint density at radius 1 is 0.958 bits per heavy atom. The lowest BCUT2D eigenvalue weighted by atomic mass is 9.75. The van der Waals surface area contributed by atoms with Crippen LogP contribution in [0.5, 0.6) is 0 Å². The maximum absolute atomic E-state index is 10.6. The first kappa shape index (κ1) is 18.5. The summed E-state index contributed by atoms with van der Waals surface area (Å²) in [6.07, 6.45) is 10.8. The van der Waals surface area contributed by atoms with Gasteiger partial charge in [0.1, 0.15) is 0 Å². The fraction of sp³-hybridized carbons (Fsp3) is 0.700. The number of nitrogens with one attached hydrogen (secondary N) is 1. The van der Waals surface area contributed by atoms with E-state index in [2.05, 4.69) is 11.4 Å². The quantitative estimate of drug-likeness (QED) is 0.712. The van der Waals surface area contributed by atoms with Gasteiger partial charge in [-0.05, 0) is 49.3 Å². The minimum atomic E-state index is -0.202. The highest BCUT2D eigenvalue weighted by atomic mass is 35.5. The molecule has 3 unspecified atom stereocenters. The summed E-state index contributed by atoms with van der Waals surface area (Å²) in [7, 11) is 0. The average Bonchev–Trinajstić information content (AvgIpc) is 2.60. The Kier molecular flexibility index (Phi) is 6.86. The van der Waals surface area contributed by atoms with Gasteiger partial charge in [-0.2, -0.15) is 0 Å². The lowest BCUT2D eigenvalue weighted by Crippen LogP contribution is -2.39. The normalized spacial score (nSPS) is 27.1. The number of halogens is 2.